The van der Waals surface area contributed by atoms with Crippen molar-refractivity contribution < 1.29 is 0 Å². The first-order valence-corrected chi connectivity index (χ1v) is 15.2. The van der Waals surface area contributed by atoms with Crippen LogP contribution in [-0.4, -0.2) is 11.5 Å². The molecule has 0 saturated carbocycles. The van der Waals surface area contributed by atoms with Crippen molar-refractivity contribution in [3.8, 4) is 11.1 Å². The Morgan fingerprint density at radius 1 is 0.698 bits per heavy atom. The van der Waals surface area contributed by atoms with Gasteiger partial charge in [-0.3, -0.25) is 5.32 Å². The van der Waals surface area contributed by atoms with Crippen LogP contribution in [-0.2, 0) is 0 Å². The maximum Gasteiger partial charge on any atom is 0.104 e. The minimum absolute atomic E-state index is 0.0377. The number of anilines is 1. The standard InChI is InChI=1S/C39H34N4/c1-4-11-27(12-5-1)34-35(28-13-6-2-7-14-28)42-39(43-36(34)29-15-8-3-9-16-29)30-20-18-26(19-21-30)33-25-31-17-10-23-40-37(31)38-32(33)22-24-41-38/h2-4,6-22,24-25,35,39-43H,1,5,23H2. The first-order chi connectivity index (χ1) is 21.3. The molecule has 43 heavy (non-hydrogen) atoms. The smallest absolute Gasteiger partial charge is 0.104 e. The molecular formula is C39H34N4. The zero-order chi connectivity index (χ0) is 28.6. The molecular weight excluding hydrogens is 524 g/mol. The molecule has 2 atom stereocenters. The fraction of sp³-hybridized carbons (Fsp3) is 0.128. The number of aromatic amines is 1. The highest BCUT2D eigenvalue weighted by atomic mass is 15.2. The third kappa shape index (κ3) is 4.70. The Hall–Kier alpha value is -5.06. The number of benzene rings is 4. The van der Waals surface area contributed by atoms with Crippen LogP contribution < -0.4 is 16.0 Å². The Balaban J connectivity index is 1.21. The highest BCUT2D eigenvalue weighted by Gasteiger charge is 2.32. The number of nitrogens with one attached hydrogen (secondary N) is 4. The van der Waals surface area contributed by atoms with Crippen LogP contribution in [0.1, 0.15) is 47.3 Å². The molecule has 1 aromatic heterocycles. The third-order valence-electron chi connectivity index (χ3n) is 8.81. The van der Waals surface area contributed by atoms with Gasteiger partial charge in [-0.25, -0.2) is 0 Å². The minimum Gasteiger partial charge on any atom is -0.379 e. The zero-order valence-electron chi connectivity index (χ0n) is 24.0. The van der Waals surface area contributed by atoms with Crippen molar-refractivity contribution in [1.29, 1.82) is 0 Å². The van der Waals surface area contributed by atoms with E-state index in [1.54, 1.807) is 0 Å². The summed E-state index contributed by atoms with van der Waals surface area (Å²) in [5.74, 6) is 0. The number of hydrogen-bond donors (Lipinski definition) is 4. The second-order valence-electron chi connectivity index (χ2n) is 11.4. The molecule has 4 N–H and O–H groups in total. The molecule has 1 aliphatic carbocycles. The van der Waals surface area contributed by atoms with Gasteiger partial charge in [0.15, 0.2) is 0 Å². The van der Waals surface area contributed by atoms with Crippen LogP contribution in [0.15, 0.2) is 139 Å². The van der Waals surface area contributed by atoms with E-state index >= 15 is 0 Å². The molecule has 210 valence electrons. The lowest BCUT2D eigenvalue weighted by molar-refractivity contribution is 0.430. The fourth-order valence-electron chi connectivity index (χ4n) is 6.73. The first-order valence-electron chi connectivity index (χ1n) is 15.2. The predicted octanol–water partition coefficient (Wildman–Crippen LogP) is 8.89. The number of fused-ring (bicyclic) bond motifs is 3. The van der Waals surface area contributed by atoms with Crippen molar-refractivity contribution in [2.75, 3.05) is 11.9 Å². The number of allylic oxidation sites excluding steroid dienone is 3. The molecule has 8 rings (SSSR count). The largest absolute Gasteiger partial charge is 0.379 e. The summed E-state index contributed by atoms with van der Waals surface area (Å²) in [6, 6.07) is 35.2. The molecule has 0 bridgehead atoms. The number of H-pyrrole nitrogens is 1. The molecule has 0 amide bonds. The van der Waals surface area contributed by atoms with E-state index < -0.39 is 0 Å². The van der Waals surface area contributed by atoms with Crippen molar-refractivity contribution in [1.82, 2.24) is 15.6 Å². The highest BCUT2D eigenvalue weighted by molar-refractivity contribution is 6.05. The highest BCUT2D eigenvalue weighted by Crippen LogP contribution is 2.41. The van der Waals surface area contributed by atoms with E-state index in [4.69, 9.17) is 0 Å². The van der Waals surface area contributed by atoms with Crippen molar-refractivity contribution in [3.05, 3.63) is 161 Å². The summed E-state index contributed by atoms with van der Waals surface area (Å²) in [6.07, 6.45) is 15.5. The summed E-state index contributed by atoms with van der Waals surface area (Å²) >= 11 is 0. The maximum absolute atomic E-state index is 3.99. The van der Waals surface area contributed by atoms with Crippen molar-refractivity contribution >= 4 is 28.4 Å². The van der Waals surface area contributed by atoms with Crippen LogP contribution in [0.4, 0.5) is 5.69 Å². The van der Waals surface area contributed by atoms with Crippen LogP contribution in [0.3, 0.4) is 0 Å². The van der Waals surface area contributed by atoms with E-state index in [1.807, 2.05) is 6.20 Å². The van der Waals surface area contributed by atoms with Gasteiger partial charge in [0.05, 0.1) is 17.2 Å². The summed E-state index contributed by atoms with van der Waals surface area (Å²) < 4.78 is 0. The van der Waals surface area contributed by atoms with Gasteiger partial charge in [-0.1, -0.05) is 115 Å². The molecule has 0 radical (unpaired) electrons. The van der Waals surface area contributed by atoms with Gasteiger partial charge >= 0.3 is 0 Å². The lowest BCUT2D eigenvalue weighted by Crippen LogP contribution is -2.42. The zero-order valence-corrected chi connectivity index (χ0v) is 24.0. The van der Waals surface area contributed by atoms with E-state index in [0.717, 1.165) is 19.4 Å². The molecule has 0 fully saturated rings. The van der Waals surface area contributed by atoms with Crippen molar-refractivity contribution in [3.63, 3.8) is 0 Å². The van der Waals surface area contributed by atoms with Crippen molar-refractivity contribution in [2.24, 2.45) is 0 Å². The van der Waals surface area contributed by atoms with E-state index in [9.17, 15) is 0 Å². The monoisotopic (exact) mass is 558 g/mol. The fourth-order valence-corrected chi connectivity index (χ4v) is 6.73. The summed E-state index contributed by atoms with van der Waals surface area (Å²) in [4.78, 5) is 3.46. The Bertz CT molecular complexity index is 1910. The lowest BCUT2D eigenvalue weighted by Gasteiger charge is -2.38. The molecule has 2 unspecified atom stereocenters. The van der Waals surface area contributed by atoms with Crippen LogP contribution in [0.5, 0.6) is 0 Å². The Labute approximate surface area is 252 Å². The summed E-state index contributed by atoms with van der Waals surface area (Å²) in [6.45, 7) is 0.856. The number of hydrogen-bond acceptors (Lipinski definition) is 3. The Morgan fingerprint density at radius 3 is 2.30 bits per heavy atom. The van der Waals surface area contributed by atoms with E-state index in [2.05, 4.69) is 148 Å². The minimum atomic E-state index is -0.0608. The molecule has 0 spiro atoms. The third-order valence-corrected chi connectivity index (χ3v) is 8.81. The van der Waals surface area contributed by atoms with Gasteiger partial charge in [0.1, 0.15) is 6.17 Å². The molecule has 0 saturated heterocycles. The second-order valence-corrected chi connectivity index (χ2v) is 11.4. The average Bonchev–Trinajstić information content (AvgIpc) is 3.59. The summed E-state index contributed by atoms with van der Waals surface area (Å²) in [5.41, 5.74) is 13.5. The quantitative estimate of drug-likeness (QED) is 0.174. The van der Waals surface area contributed by atoms with Crippen LogP contribution >= 0.6 is 0 Å². The summed E-state index contributed by atoms with van der Waals surface area (Å²) in [5, 5.41) is 12.7. The Kier molecular flexibility index (Phi) is 6.54. The van der Waals surface area contributed by atoms with Gasteiger partial charge < -0.3 is 15.6 Å². The van der Waals surface area contributed by atoms with Gasteiger partial charge in [-0.15, -0.1) is 0 Å². The van der Waals surface area contributed by atoms with E-state index in [-0.39, 0.29) is 12.2 Å². The Morgan fingerprint density at radius 2 is 1.51 bits per heavy atom. The topological polar surface area (TPSA) is 51.9 Å². The van der Waals surface area contributed by atoms with Crippen LogP contribution in [0.2, 0.25) is 0 Å². The predicted molar refractivity (Wildman–Crippen MR) is 179 cm³/mol. The average molecular weight is 559 g/mol. The van der Waals surface area contributed by atoms with Gasteiger partial charge in [0.2, 0.25) is 0 Å². The van der Waals surface area contributed by atoms with Gasteiger partial charge in [-0.05, 0) is 58.4 Å². The van der Waals surface area contributed by atoms with Gasteiger partial charge in [0, 0.05) is 35.0 Å². The van der Waals surface area contributed by atoms with Crippen LogP contribution in [0, 0.1) is 0 Å². The molecule has 3 heterocycles. The van der Waals surface area contributed by atoms with E-state index in [0.29, 0.717) is 0 Å². The molecule has 3 aliphatic rings. The number of rotatable bonds is 5. The van der Waals surface area contributed by atoms with Crippen molar-refractivity contribution in [2.45, 2.75) is 25.0 Å². The van der Waals surface area contributed by atoms with Crippen LogP contribution in [0.25, 0.3) is 33.8 Å². The van der Waals surface area contributed by atoms with E-state index in [1.165, 1.54) is 66.8 Å². The summed E-state index contributed by atoms with van der Waals surface area (Å²) in [7, 11) is 0. The first kappa shape index (κ1) is 25.6. The molecule has 2 aliphatic heterocycles. The second kappa shape index (κ2) is 11.0. The van der Waals surface area contributed by atoms with Gasteiger partial charge in [-0.2, -0.15) is 0 Å². The SMILES string of the molecule is C1=CC(C2=C(c3ccccc3)NC(c3ccc(-c4cc5c(c6[nH]ccc46)NCC=C5)cc3)NC2c2ccccc2)=CCC1. The molecule has 4 nitrogen and oxygen atoms in total. The lowest BCUT2D eigenvalue weighted by atomic mass is 9.84. The molecule has 4 aromatic carbocycles. The molecule has 5 aromatic rings. The maximum atomic E-state index is 3.99. The normalized spacial score (nSPS) is 19.5. The number of aromatic nitrogens is 1. The molecule has 4 heteroatoms. The van der Waals surface area contributed by atoms with Gasteiger partial charge in [0.25, 0.3) is 0 Å².